The van der Waals surface area contributed by atoms with E-state index in [-0.39, 0.29) is 21.8 Å². The van der Waals surface area contributed by atoms with Crippen molar-refractivity contribution in [2.75, 3.05) is 12.0 Å². The molecule has 1 unspecified atom stereocenters. The predicted octanol–water partition coefficient (Wildman–Crippen LogP) is 5.56. The second-order valence-corrected chi connectivity index (χ2v) is 7.94. The number of amides is 1. The summed E-state index contributed by atoms with van der Waals surface area (Å²) in [6, 6.07) is 12.9. The first-order valence-electron chi connectivity index (χ1n) is 9.89. The topological polar surface area (TPSA) is 66.8 Å². The van der Waals surface area contributed by atoms with Crippen LogP contribution in [0.1, 0.15) is 22.7 Å². The molecule has 1 N–H and O–H groups in total. The zero-order chi connectivity index (χ0) is 23.9. The minimum atomic E-state index is -1.15. The number of aryl methyl sites for hydroxylation is 1. The Balaban J connectivity index is 1.97. The van der Waals surface area contributed by atoms with Crippen molar-refractivity contribution >= 4 is 34.7 Å². The van der Waals surface area contributed by atoms with Gasteiger partial charge < -0.3 is 9.84 Å². The number of carbonyl (C=O) groups is 2. The highest BCUT2D eigenvalue weighted by atomic mass is 35.5. The first-order chi connectivity index (χ1) is 15.7. The van der Waals surface area contributed by atoms with E-state index in [1.165, 1.54) is 25.3 Å². The molecule has 1 aliphatic rings. The lowest BCUT2D eigenvalue weighted by atomic mass is 9.94. The number of Topliss-reactive ketones (excluding diaryl/α,β-unsaturated/α-hetero) is 1. The molecule has 4 rings (SSSR count). The lowest BCUT2D eigenvalue weighted by Crippen LogP contribution is -2.30. The van der Waals surface area contributed by atoms with Crippen LogP contribution < -0.4 is 9.64 Å². The molecule has 1 saturated heterocycles. The van der Waals surface area contributed by atoms with Crippen LogP contribution in [-0.2, 0) is 9.59 Å². The quantitative estimate of drug-likeness (QED) is 0.308. The lowest BCUT2D eigenvalue weighted by molar-refractivity contribution is -0.132. The van der Waals surface area contributed by atoms with E-state index in [9.17, 15) is 23.5 Å². The number of halogens is 3. The summed E-state index contributed by atoms with van der Waals surface area (Å²) in [6.45, 7) is 1.82. The molecule has 1 atom stereocenters. The van der Waals surface area contributed by atoms with Crippen molar-refractivity contribution in [3.05, 3.63) is 99.6 Å². The Morgan fingerprint density at radius 3 is 2.45 bits per heavy atom. The van der Waals surface area contributed by atoms with Crippen LogP contribution in [0, 0.1) is 18.6 Å². The fourth-order valence-electron chi connectivity index (χ4n) is 3.88. The number of nitrogens with zero attached hydrogens (tertiary/aromatic N) is 1. The van der Waals surface area contributed by atoms with Crippen molar-refractivity contribution in [3.8, 4) is 5.75 Å². The first-order valence-corrected chi connectivity index (χ1v) is 10.3. The maximum atomic E-state index is 14.7. The summed E-state index contributed by atoms with van der Waals surface area (Å²) in [6.07, 6.45) is 0. The molecule has 33 heavy (non-hydrogen) atoms. The molecule has 3 aromatic carbocycles. The van der Waals surface area contributed by atoms with Gasteiger partial charge in [-0.25, -0.2) is 8.78 Å². The Hall–Kier alpha value is -3.71. The van der Waals surface area contributed by atoms with Gasteiger partial charge in [-0.15, -0.1) is 0 Å². The van der Waals surface area contributed by atoms with Gasteiger partial charge in [0.15, 0.2) is 0 Å². The third-order valence-electron chi connectivity index (χ3n) is 5.40. The van der Waals surface area contributed by atoms with E-state index in [0.29, 0.717) is 17.4 Å². The van der Waals surface area contributed by atoms with Crippen molar-refractivity contribution in [3.63, 3.8) is 0 Å². The SMILES string of the molecule is COc1ccc(/C(O)=C2\C(=O)C(=O)N(c3ccc(F)cc3F)C2c2cccc(C)c2)cc1Cl. The number of hydrogen-bond acceptors (Lipinski definition) is 4. The second-order valence-electron chi connectivity index (χ2n) is 7.53. The van der Waals surface area contributed by atoms with Gasteiger partial charge in [0.05, 0.1) is 29.4 Å². The maximum absolute atomic E-state index is 14.7. The lowest BCUT2D eigenvalue weighted by Gasteiger charge is -2.26. The molecule has 1 heterocycles. The number of rotatable bonds is 4. The van der Waals surface area contributed by atoms with Crippen LogP contribution in [0.15, 0.2) is 66.2 Å². The van der Waals surface area contributed by atoms with E-state index in [0.717, 1.165) is 22.6 Å². The summed E-state index contributed by atoms with van der Waals surface area (Å²) >= 11 is 6.17. The van der Waals surface area contributed by atoms with E-state index >= 15 is 0 Å². The van der Waals surface area contributed by atoms with Crippen LogP contribution >= 0.6 is 11.6 Å². The molecule has 0 aromatic heterocycles. The number of ether oxygens (including phenoxy) is 1. The van der Waals surface area contributed by atoms with E-state index in [1.54, 1.807) is 18.2 Å². The zero-order valence-corrected chi connectivity index (χ0v) is 18.4. The average Bonchev–Trinajstić information content (AvgIpc) is 3.04. The summed E-state index contributed by atoms with van der Waals surface area (Å²) in [5.41, 5.74) is 0.952. The highest BCUT2D eigenvalue weighted by Gasteiger charge is 2.47. The third kappa shape index (κ3) is 3.96. The van der Waals surface area contributed by atoms with Crippen molar-refractivity contribution < 1.29 is 28.2 Å². The van der Waals surface area contributed by atoms with Crippen LogP contribution in [-0.4, -0.2) is 23.9 Å². The molecule has 0 bridgehead atoms. The van der Waals surface area contributed by atoms with Crippen molar-refractivity contribution in [2.24, 2.45) is 0 Å². The molecular weight excluding hydrogens is 452 g/mol. The molecule has 8 heteroatoms. The molecule has 1 amide bonds. The highest BCUT2D eigenvalue weighted by molar-refractivity contribution is 6.51. The van der Waals surface area contributed by atoms with Gasteiger partial charge in [0, 0.05) is 11.6 Å². The summed E-state index contributed by atoms with van der Waals surface area (Å²) in [5, 5.41) is 11.3. The van der Waals surface area contributed by atoms with Gasteiger partial charge in [0.25, 0.3) is 11.7 Å². The first kappa shape index (κ1) is 22.5. The average molecular weight is 470 g/mol. The molecule has 1 aliphatic heterocycles. The minimum absolute atomic E-state index is 0.177. The smallest absolute Gasteiger partial charge is 0.300 e. The number of ketones is 1. The van der Waals surface area contributed by atoms with Gasteiger partial charge in [-0.3, -0.25) is 14.5 Å². The Morgan fingerprint density at radius 2 is 1.82 bits per heavy atom. The number of methoxy groups -OCH3 is 1. The predicted molar refractivity (Wildman–Crippen MR) is 120 cm³/mol. The van der Waals surface area contributed by atoms with Crippen LogP contribution in [0.4, 0.5) is 14.5 Å². The molecular formula is C25H18ClF2NO4. The molecule has 3 aromatic rings. The fraction of sp³-hybridized carbons (Fsp3) is 0.120. The maximum Gasteiger partial charge on any atom is 0.300 e. The van der Waals surface area contributed by atoms with Crippen LogP contribution in [0.5, 0.6) is 5.75 Å². The molecule has 1 fully saturated rings. The van der Waals surface area contributed by atoms with Gasteiger partial charge >= 0.3 is 0 Å². The standard InChI is InChI=1S/C25H18ClF2NO4/c1-13-4-3-5-14(10-13)22-21(23(30)15-6-9-20(33-2)17(26)11-15)24(31)25(32)29(22)19-8-7-16(27)12-18(19)28/h3-12,22,30H,1-2H3/b23-21+. The third-order valence-corrected chi connectivity index (χ3v) is 5.69. The van der Waals surface area contributed by atoms with E-state index < -0.39 is 35.1 Å². The summed E-state index contributed by atoms with van der Waals surface area (Å²) < 4.78 is 33.3. The number of hydrogen-bond donors (Lipinski definition) is 1. The Kier molecular flexibility index (Phi) is 5.91. The van der Waals surface area contributed by atoms with Gasteiger partial charge in [0.1, 0.15) is 23.1 Å². The Morgan fingerprint density at radius 1 is 1.06 bits per heavy atom. The monoisotopic (exact) mass is 469 g/mol. The van der Waals surface area contributed by atoms with Crippen LogP contribution in [0.25, 0.3) is 5.76 Å². The molecule has 0 radical (unpaired) electrons. The molecule has 5 nitrogen and oxygen atoms in total. The largest absolute Gasteiger partial charge is 0.507 e. The van der Waals surface area contributed by atoms with Crippen LogP contribution in [0.2, 0.25) is 5.02 Å². The number of anilines is 1. The van der Waals surface area contributed by atoms with E-state index in [4.69, 9.17) is 16.3 Å². The normalized spacial score (nSPS) is 17.5. The summed E-state index contributed by atoms with van der Waals surface area (Å²) in [7, 11) is 1.43. The van der Waals surface area contributed by atoms with Crippen molar-refractivity contribution in [2.45, 2.75) is 13.0 Å². The Labute approximate surface area is 193 Å². The van der Waals surface area contributed by atoms with Crippen molar-refractivity contribution in [1.29, 1.82) is 0 Å². The number of benzene rings is 3. The van der Waals surface area contributed by atoms with Gasteiger partial charge in [0.2, 0.25) is 0 Å². The molecule has 0 aliphatic carbocycles. The molecule has 0 spiro atoms. The van der Waals surface area contributed by atoms with E-state index in [1.807, 2.05) is 13.0 Å². The fourth-order valence-corrected chi connectivity index (χ4v) is 4.14. The van der Waals surface area contributed by atoms with Gasteiger partial charge in [-0.2, -0.15) is 0 Å². The highest BCUT2D eigenvalue weighted by Crippen LogP contribution is 2.43. The Bertz CT molecular complexity index is 1320. The van der Waals surface area contributed by atoms with E-state index in [2.05, 4.69) is 0 Å². The molecule has 168 valence electrons. The minimum Gasteiger partial charge on any atom is -0.507 e. The molecule has 0 saturated carbocycles. The van der Waals surface area contributed by atoms with Crippen LogP contribution in [0.3, 0.4) is 0 Å². The summed E-state index contributed by atoms with van der Waals surface area (Å²) in [4.78, 5) is 27.1. The number of aliphatic hydroxyl groups excluding tert-OH is 1. The van der Waals surface area contributed by atoms with Gasteiger partial charge in [-0.1, -0.05) is 41.4 Å². The zero-order valence-electron chi connectivity index (χ0n) is 17.6. The van der Waals surface area contributed by atoms with Gasteiger partial charge in [-0.05, 0) is 42.8 Å². The second kappa shape index (κ2) is 8.67. The number of carbonyl (C=O) groups excluding carboxylic acids is 2. The number of aliphatic hydroxyl groups is 1. The summed E-state index contributed by atoms with van der Waals surface area (Å²) in [5.74, 6) is -4.01. The van der Waals surface area contributed by atoms with Crippen molar-refractivity contribution in [1.82, 2.24) is 0 Å².